The third kappa shape index (κ3) is 3.80. The summed E-state index contributed by atoms with van der Waals surface area (Å²) in [6, 6.07) is 7.18. The van der Waals surface area contributed by atoms with Gasteiger partial charge in [0.05, 0.1) is 0 Å². The number of nitrogens with one attached hydrogen (secondary N) is 1. The van der Waals surface area contributed by atoms with Crippen molar-refractivity contribution in [3.63, 3.8) is 0 Å². The van der Waals surface area contributed by atoms with Gasteiger partial charge >= 0.3 is 0 Å². The minimum Gasteiger partial charge on any atom is -0.343 e. The van der Waals surface area contributed by atoms with E-state index in [1.54, 1.807) is 6.92 Å². The Bertz CT molecular complexity index is 448. The van der Waals surface area contributed by atoms with Gasteiger partial charge in [-0.3, -0.25) is 4.79 Å². The van der Waals surface area contributed by atoms with Crippen molar-refractivity contribution in [1.82, 2.24) is 10.2 Å². The number of amides is 1. The van der Waals surface area contributed by atoms with E-state index in [2.05, 4.69) is 37.4 Å². The van der Waals surface area contributed by atoms with Crippen LogP contribution in [0.25, 0.3) is 0 Å². The number of rotatable bonds is 3. The number of piperidine rings is 1. The summed E-state index contributed by atoms with van der Waals surface area (Å²) >= 11 is 0. The monoisotopic (exact) mass is 260 g/mol. The Labute approximate surface area is 116 Å². The number of nitrogens with zero attached hydrogens (tertiary/aromatic N) is 1. The second kappa shape index (κ2) is 6.20. The van der Waals surface area contributed by atoms with Gasteiger partial charge in [0.25, 0.3) is 0 Å². The fraction of sp³-hybridized carbons (Fsp3) is 0.562. The van der Waals surface area contributed by atoms with Gasteiger partial charge < -0.3 is 10.2 Å². The van der Waals surface area contributed by atoms with Crippen LogP contribution in [-0.4, -0.2) is 29.9 Å². The Kier molecular flexibility index (Phi) is 4.59. The van der Waals surface area contributed by atoms with Crippen molar-refractivity contribution >= 4 is 5.91 Å². The number of aryl methyl sites for hydroxylation is 2. The standard InChI is InChI=1S/C16H24N2O/c1-12-4-5-15(10-13(12)2)11-17-16-6-8-18(9-7-16)14(3)19/h4-5,10,16-17H,6-9,11H2,1-3H3. The predicted molar refractivity (Wildman–Crippen MR) is 78.0 cm³/mol. The Morgan fingerprint density at radius 2 is 1.95 bits per heavy atom. The van der Waals surface area contributed by atoms with Crippen LogP contribution in [0.2, 0.25) is 0 Å². The van der Waals surface area contributed by atoms with Crippen molar-refractivity contribution in [2.24, 2.45) is 0 Å². The summed E-state index contributed by atoms with van der Waals surface area (Å²) in [6.45, 7) is 8.66. The van der Waals surface area contributed by atoms with E-state index in [-0.39, 0.29) is 5.91 Å². The molecule has 0 bridgehead atoms. The molecular formula is C16H24N2O. The fourth-order valence-corrected chi connectivity index (χ4v) is 2.57. The first-order valence-electron chi connectivity index (χ1n) is 7.11. The maximum atomic E-state index is 11.3. The van der Waals surface area contributed by atoms with Crippen molar-refractivity contribution in [2.45, 2.75) is 46.2 Å². The Balaban J connectivity index is 1.80. The summed E-state index contributed by atoms with van der Waals surface area (Å²) in [5, 5.41) is 3.61. The molecule has 19 heavy (non-hydrogen) atoms. The highest BCUT2D eigenvalue weighted by molar-refractivity contribution is 5.73. The van der Waals surface area contributed by atoms with E-state index in [1.807, 2.05) is 4.90 Å². The molecule has 3 nitrogen and oxygen atoms in total. The quantitative estimate of drug-likeness (QED) is 0.905. The molecule has 0 atom stereocenters. The lowest BCUT2D eigenvalue weighted by Gasteiger charge is -2.31. The molecule has 1 N–H and O–H groups in total. The third-order valence-corrected chi connectivity index (χ3v) is 4.11. The molecule has 1 aromatic rings. The number of benzene rings is 1. The molecule has 1 saturated heterocycles. The molecule has 0 radical (unpaired) electrons. The molecule has 1 aliphatic heterocycles. The van der Waals surface area contributed by atoms with Crippen LogP contribution >= 0.6 is 0 Å². The predicted octanol–water partition coefficient (Wildman–Crippen LogP) is 2.40. The van der Waals surface area contributed by atoms with Crippen LogP contribution in [0, 0.1) is 13.8 Å². The second-order valence-corrected chi connectivity index (χ2v) is 5.58. The smallest absolute Gasteiger partial charge is 0.219 e. The van der Waals surface area contributed by atoms with Gasteiger partial charge in [-0.25, -0.2) is 0 Å². The highest BCUT2D eigenvalue weighted by Crippen LogP contribution is 2.13. The molecule has 0 saturated carbocycles. The zero-order valence-corrected chi connectivity index (χ0v) is 12.2. The third-order valence-electron chi connectivity index (χ3n) is 4.11. The molecule has 1 aliphatic rings. The van der Waals surface area contributed by atoms with Gasteiger partial charge in [-0.2, -0.15) is 0 Å². The number of carbonyl (C=O) groups is 1. The van der Waals surface area contributed by atoms with Crippen LogP contribution in [-0.2, 0) is 11.3 Å². The van der Waals surface area contributed by atoms with Gasteiger partial charge in [0.1, 0.15) is 0 Å². The Hall–Kier alpha value is -1.35. The lowest BCUT2D eigenvalue weighted by molar-refractivity contribution is -0.129. The average Bonchev–Trinajstić information content (AvgIpc) is 2.40. The van der Waals surface area contributed by atoms with E-state index in [9.17, 15) is 4.79 Å². The molecule has 1 fully saturated rings. The van der Waals surface area contributed by atoms with E-state index in [0.29, 0.717) is 6.04 Å². The maximum Gasteiger partial charge on any atom is 0.219 e. The molecule has 0 unspecified atom stereocenters. The molecule has 0 aliphatic carbocycles. The average molecular weight is 260 g/mol. The first-order valence-corrected chi connectivity index (χ1v) is 7.11. The van der Waals surface area contributed by atoms with Crippen molar-refractivity contribution in [3.05, 3.63) is 34.9 Å². The normalized spacial score (nSPS) is 16.7. The Morgan fingerprint density at radius 3 is 2.53 bits per heavy atom. The summed E-state index contributed by atoms with van der Waals surface area (Å²) in [4.78, 5) is 13.2. The van der Waals surface area contributed by atoms with Gasteiger partial charge in [0.2, 0.25) is 5.91 Å². The molecule has 1 aromatic carbocycles. The van der Waals surface area contributed by atoms with E-state index < -0.39 is 0 Å². The first-order chi connectivity index (χ1) is 9.06. The van der Waals surface area contributed by atoms with Gasteiger partial charge in [-0.15, -0.1) is 0 Å². The summed E-state index contributed by atoms with van der Waals surface area (Å²) < 4.78 is 0. The SMILES string of the molecule is CC(=O)N1CCC(NCc2ccc(C)c(C)c2)CC1. The minimum atomic E-state index is 0.201. The number of likely N-dealkylation sites (tertiary alicyclic amines) is 1. The van der Waals surface area contributed by atoms with E-state index in [1.165, 1.54) is 16.7 Å². The highest BCUT2D eigenvalue weighted by atomic mass is 16.2. The van der Waals surface area contributed by atoms with Crippen molar-refractivity contribution in [3.8, 4) is 0 Å². The van der Waals surface area contributed by atoms with E-state index >= 15 is 0 Å². The minimum absolute atomic E-state index is 0.201. The van der Waals surface area contributed by atoms with Gasteiger partial charge in [0.15, 0.2) is 0 Å². The van der Waals surface area contributed by atoms with Gasteiger partial charge in [-0.05, 0) is 43.4 Å². The fourth-order valence-electron chi connectivity index (χ4n) is 2.57. The first kappa shape index (κ1) is 14.1. The van der Waals surface area contributed by atoms with Gasteiger partial charge in [0, 0.05) is 32.6 Å². The number of hydrogen-bond acceptors (Lipinski definition) is 2. The molecule has 2 rings (SSSR count). The maximum absolute atomic E-state index is 11.3. The molecule has 3 heteroatoms. The Morgan fingerprint density at radius 1 is 1.26 bits per heavy atom. The zero-order chi connectivity index (χ0) is 13.8. The van der Waals surface area contributed by atoms with E-state index in [4.69, 9.17) is 0 Å². The lowest BCUT2D eigenvalue weighted by atomic mass is 10.0. The van der Waals surface area contributed by atoms with Crippen molar-refractivity contribution in [2.75, 3.05) is 13.1 Å². The zero-order valence-electron chi connectivity index (χ0n) is 12.2. The second-order valence-electron chi connectivity index (χ2n) is 5.58. The van der Waals surface area contributed by atoms with Gasteiger partial charge in [-0.1, -0.05) is 18.2 Å². The largest absolute Gasteiger partial charge is 0.343 e. The number of carbonyl (C=O) groups excluding carboxylic acids is 1. The summed E-state index contributed by atoms with van der Waals surface area (Å²) in [7, 11) is 0. The topological polar surface area (TPSA) is 32.3 Å². The van der Waals surface area contributed by atoms with Crippen molar-refractivity contribution < 1.29 is 4.79 Å². The van der Waals surface area contributed by atoms with Crippen LogP contribution in [0.4, 0.5) is 0 Å². The molecular weight excluding hydrogens is 236 g/mol. The van der Waals surface area contributed by atoms with Crippen LogP contribution in [0.15, 0.2) is 18.2 Å². The lowest BCUT2D eigenvalue weighted by Crippen LogP contribution is -2.43. The summed E-state index contributed by atoms with van der Waals surface area (Å²) in [5.74, 6) is 0.201. The molecule has 0 aromatic heterocycles. The highest BCUT2D eigenvalue weighted by Gasteiger charge is 2.19. The van der Waals surface area contributed by atoms with Crippen LogP contribution in [0.1, 0.15) is 36.5 Å². The van der Waals surface area contributed by atoms with Crippen LogP contribution in [0.5, 0.6) is 0 Å². The summed E-state index contributed by atoms with van der Waals surface area (Å²) in [5.41, 5.74) is 4.04. The molecule has 1 heterocycles. The van der Waals surface area contributed by atoms with Crippen LogP contribution in [0.3, 0.4) is 0 Å². The molecule has 104 valence electrons. The molecule has 0 spiro atoms. The number of hydrogen-bond donors (Lipinski definition) is 1. The summed E-state index contributed by atoms with van der Waals surface area (Å²) in [6.07, 6.45) is 2.12. The molecule has 1 amide bonds. The van der Waals surface area contributed by atoms with Crippen LogP contribution < -0.4 is 5.32 Å². The van der Waals surface area contributed by atoms with Crippen molar-refractivity contribution in [1.29, 1.82) is 0 Å². The van der Waals surface area contributed by atoms with E-state index in [0.717, 1.165) is 32.5 Å².